The second kappa shape index (κ2) is 2.12. The molecular formula is C10H10O. The van der Waals surface area contributed by atoms with Crippen LogP contribution in [-0.2, 0) is 6.42 Å². The number of fused-ring (bicyclic) bond motifs is 1. The fraction of sp³-hybridized carbons (Fsp3) is 0.200. The van der Waals surface area contributed by atoms with Crippen molar-refractivity contribution < 1.29 is 5.11 Å². The van der Waals surface area contributed by atoms with Crippen LogP contribution in [0.4, 0.5) is 0 Å². The first kappa shape index (κ1) is 6.47. The van der Waals surface area contributed by atoms with Gasteiger partial charge < -0.3 is 5.11 Å². The highest BCUT2D eigenvalue weighted by molar-refractivity contribution is 5.66. The molecule has 0 aliphatic heterocycles. The summed E-state index contributed by atoms with van der Waals surface area (Å²) in [6, 6.07) is 3.71. The van der Waals surface area contributed by atoms with Gasteiger partial charge in [-0.2, -0.15) is 0 Å². The molecule has 0 fully saturated rings. The van der Waals surface area contributed by atoms with Gasteiger partial charge in [0.25, 0.3) is 0 Å². The van der Waals surface area contributed by atoms with E-state index in [4.69, 9.17) is 0 Å². The molecule has 1 aromatic carbocycles. The van der Waals surface area contributed by atoms with Gasteiger partial charge in [0.05, 0.1) is 0 Å². The predicted octanol–water partition coefficient (Wildman–Crippen LogP) is 2.27. The molecular weight excluding hydrogens is 136 g/mol. The second-order valence-corrected chi connectivity index (χ2v) is 2.90. The van der Waals surface area contributed by atoms with Crippen LogP contribution in [0.5, 0.6) is 5.75 Å². The fourth-order valence-electron chi connectivity index (χ4n) is 1.51. The lowest BCUT2D eigenvalue weighted by atomic mass is 10.0. The molecule has 1 heteroatoms. The molecule has 1 aromatic rings. The summed E-state index contributed by atoms with van der Waals surface area (Å²) in [5.41, 5.74) is 3.52. The van der Waals surface area contributed by atoms with E-state index in [2.05, 4.69) is 19.1 Å². The van der Waals surface area contributed by atoms with E-state index < -0.39 is 0 Å². The highest BCUT2D eigenvalue weighted by Gasteiger charge is 2.10. The molecule has 0 unspecified atom stereocenters. The molecule has 56 valence electrons. The Balaban J connectivity index is 2.71. The minimum absolute atomic E-state index is 0.426. The smallest absolute Gasteiger partial charge is 0.119 e. The summed E-state index contributed by atoms with van der Waals surface area (Å²) in [5.74, 6) is 0.426. The lowest BCUT2D eigenvalue weighted by Gasteiger charge is -2.04. The summed E-state index contributed by atoms with van der Waals surface area (Å²) in [6.07, 6.45) is 5.03. The molecule has 0 heterocycles. The van der Waals surface area contributed by atoms with Gasteiger partial charge in [0.2, 0.25) is 0 Å². The van der Waals surface area contributed by atoms with Gasteiger partial charge in [0, 0.05) is 5.56 Å². The van der Waals surface area contributed by atoms with Crippen LogP contribution in [0.25, 0.3) is 6.08 Å². The van der Waals surface area contributed by atoms with E-state index in [0.29, 0.717) is 5.75 Å². The molecule has 1 nitrogen and oxygen atoms in total. The van der Waals surface area contributed by atoms with E-state index in [1.165, 1.54) is 11.1 Å². The van der Waals surface area contributed by atoms with E-state index >= 15 is 0 Å². The zero-order chi connectivity index (χ0) is 7.84. The molecule has 1 aliphatic rings. The number of aryl methyl sites for hydroxylation is 1. The zero-order valence-corrected chi connectivity index (χ0v) is 6.46. The van der Waals surface area contributed by atoms with E-state index in [-0.39, 0.29) is 0 Å². The van der Waals surface area contributed by atoms with Crippen LogP contribution < -0.4 is 0 Å². The first-order chi connectivity index (χ1) is 5.29. The minimum Gasteiger partial charge on any atom is -0.508 e. The molecule has 0 atom stereocenters. The molecule has 0 spiro atoms. The van der Waals surface area contributed by atoms with Crippen molar-refractivity contribution in [1.29, 1.82) is 0 Å². The molecule has 0 amide bonds. The number of benzene rings is 1. The quantitative estimate of drug-likeness (QED) is 0.595. The average Bonchev–Trinajstić information content (AvgIpc) is 2.45. The van der Waals surface area contributed by atoms with Crippen molar-refractivity contribution in [3.8, 4) is 5.75 Å². The summed E-state index contributed by atoms with van der Waals surface area (Å²) in [5, 5.41) is 9.42. The van der Waals surface area contributed by atoms with Crippen LogP contribution in [0.3, 0.4) is 0 Å². The Bertz CT molecular complexity index is 324. The van der Waals surface area contributed by atoms with Crippen LogP contribution in [0.1, 0.15) is 16.7 Å². The molecule has 0 radical (unpaired) electrons. The number of hydrogen-bond donors (Lipinski definition) is 1. The number of aromatic hydroxyl groups is 1. The zero-order valence-electron chi connectivity index (χ0n) is 6.46. The molecule has 1 aliphatic carbocycles. The summed E-state index contributed by atoms with van der Waals surface area (Å²) >= 11 is 0. The Labute approximate surface area is 66.0 Å². The Kier molecular flexibility index (Phi) is 1.25. The normalized spacial score (nSPS) is 13.5. The van der Waals surface area contributed by atoms with Crippen molar-refractivity contribution >= 4 is 6.08 Å². The Morgan fingerprint density at radius 2 is 2.18 bits per heavy atom. The third-order valence-corrected chi connectivity index (χ3v) is 2.16. The minimum atomic E-state index is 0.426. The lowest BCUT2D eigenvalue weighted by Crippen LogP contribution is -1.85. The van der Waals surface area contributed by atoms with Crippen LogP contribution in [0.2, 0.25) is 0 Å². The number of allylic oxidation sites excluding steroid dienone is 1. The summed E-state index contributed by atoms with van der Waals surface area (Å²) in [6.45, 7) is 2.06. The largest absolute Gasteiger partial charge is 0.508 e. The molecule has 0 saturated heterocycles. The fourth-order valence-corrected chi connectivity index (χ4v) is 1.51. The van der Waals surface area contributed by atoms with Crippen molar-refractivity contribution in [2.45, 2.75) is 13.3 Å². The van der Waals surface area contributed by atoms with Crippen LogP contribution in [-0.4, -0.2) is 5.11 Å². The van der Waals surface area contributed by atoms with Gasteiger partial charge in [0.15, 0.2) is 0 Å². The maximum Gasteiger partial charge on any atom is 0.119 e. The van der Waals surface area contributed by atoms with Gasteiger partial charge in [-0.1, -0.05) is 18.2 Å². The van der Waals surface area contributed by atoms with Crippen molar-refractivity contribution in [3.05, 3.63) is 34.9 Å². The highest BCUT2D eigenvalue weighted by Crippen LogP contribution is 2.30. The number of phenols is 1. The lowest BCUT2D eigenvalue weighted by molar-refractivity contribution is 0.470. The first-order valence-electron chi connectivity index (χ1n) is 3.77. The Morgan fingerprint density at radius 3 is 2.91 bits per heavy atom. The number of phenolic OH excluding ortho intramolecular Hbond substituents is 1. The summed E-state index contributed by atoms with van der Waals surface area (Å²) in [7, 11) is 0. The predicted molar refractivity (Wildman–Crippen MR) is 45.6 cm³/mol. The van der Waals surface area contributed by atoms with E-state index in [0.717, 1.165) is 12.0 Å². The van der Waals surface area contributed by atoms with E-state index in [1.807, 2.05) is 6.07 Å². The van der Waals surface area contributed by atoms with Crippen molar-refractivity contribution in [2.24, 2.45) is 0 Å². The molecule has 0 aromatic heterocycles. The van der Waals surface area contributed by atoms with Crippen LogP contribution in [0, 0.1) is 6.92 Å². The SMILES string of the molecule is Cc1ccc(O)c2c1C=CC2. The molecule has 0 saturated carbocycles. The van der Waals surface area contributed by atoms with Gasteiger partial charge in [-0.05, 0) is 30.5 Å². The topological polar surface area (TPSA) is 20.2 Å². The highest BCUT2D eigenvalue weighted by atomic mass is 16.3. The Hall–Kier alpha value is -1.24. The maximum atomic E-state index is 9.42. The Morgan fingerprint density at radius 1 is 1.36 bits per heavy atom. The van der Waals surface area contributed by atoms with Crippen molar-refractivity contribution in [3.63, 3.8) is 0 Å². The van der Waals surface area contributed by atoms with Crippen LogP contribution in [0.15, 0.2) is 18.2 Å². The first-order valence-corrected chi connectivity index (χ1v) is 3.77. The number of hydrogen-bond acceptors (Lipinski definition) is 1. The maximum absolute atomic E-state index is 9.42. The van der Waals surface area contributed by atoms with Crippen LogP contribution >= 0.6 is 0 Å². The molecule has 0 bridgehead atoms. The van der Waals surface area contributed by atoms with Gasteiger partial charge in [-0.25, -0.2) is 0 Å². The summed E-state index contributed by atoms with van der Waals surface area (Å²) < 4.78 is 0. The average molecular weight is 146 g/mol. The monoisotopic (exact) mass is 146 g/mol. The third-order valence-electron chi connectivity index (χ3n) is 2.16. The third kappa shape index (κ3) is 0.845. The van der Waals surface area contributed by atoms with Gasteiger partial charge >= 0.3 is 0 Å². The van der Waals surface area contributed by atoms with Gasteiger partial charge in [-0.3, -0.25) is 0 Å². The number of rotatable bonds is 0. The molecule has 2 rings (SSSR count). The van der Waals surface area contributed by atoms with Gasteiger partial charge in [-0.15, -0.1) is 0 Å². The molecule has 1 N–H and O–H groups in total. The molecule has 11 heavy (non-hydrogen) atoms. The van der Waals surface area contributed by atoms with Gasteiger partial charge in [0.1, 0.15) is 5.75 Å². The summed E-state index contributed by atoms with van der Waals surface area (Å²) in [4.78, 5) is 0. The van der Waals surface area contributed by atoms with Crippen molar-refractivity contribution in [1.82, 2.24) is 0 Å². The standard InChI is InChI=1S/C10H10O/c1-7-5-6-10(11)9-4-2-3-8(7)9/h2-3,5-6,11H,4H2,1H3. The van der Waals surface area contributed by atoms with E-state index in [9.17, 15) is 5.11 Å². The second-order valence-electron chi connectivity index (χ2n) is 2.90. The van der Waals surface area contributed by atoms with E-state index in [1.54, 1.807) is 6.07 Å². The van der Waals surface area contributed by atoms with Crippen molar-refractivity contribution in [2.75, 3.05) is 0 Å².